The predicted octanol–water partition coefficient (Wildman–Crippen LogP) is 2.18. The van der Waals surface area contributed by atoms with Gasteiger partial charge in [0.05, 0.1) is 18.4 Å². The van der Waals surface area contributed by atoms with Gasteiger partial charge < -0.3 is 9.72 Å². The highest BCUT2D eigenvalue weighted by Crippen LogP contribution is 2.29. The lowest BCUT2D eigenvalue weighted by atomic mass is 10.0. The van der Waals surface area contributed by atoms with Gasteiger partial charge >= 0.3 is 0 Å². The maximum atomic E-state index is 5.59. The third-order valence-electron chi connectivity index (χ3n) is 3.56. The topological polar surface area (TPSA) is 37.9 Å². The minimum atomic E-state index is 0.400. The second-order valence-corrected chi connectivity index (χ2v) is 4.83. The first-order valence-corrected chi connectivity index (χ1v) is 6.02. The van der Waals surface area contributed by atoms with Crippen molar-refractivity contribution in [3.63, 3.8) is 0 Å². The zero-order valence-electron chi connectivity index (χ0n) is 9.25. The van der Waals surface area contributed by atoms with Gasteiger partial charge in [0.15, 0.2) is 0 Å². The van der Waals surface area contributed by atoms with Crippen molar-refractivity contribution >= 4 is 0 Å². The lowest BCUT2D eigenvalue weighted by Crippen LogP contribution is -2.00. The lowest BCUT2D eigenvalue weighted by Gasteiger charge is -2.07. The summed E-state index contributed by atoms with van der Waals surface area (Å²) in [4.78, 5) is 8.24. The number of ether oxygens (including phenoxy) is 1. The van der Waals surface area contributed by atoms with Crippen LogP contribution in [0, 0.1) is 0 Å². The highest BCUT2D eigenvalue weighted by atomic mass is 16.5. The minimum absolute atomic E-state index is 0.400. The van der Waals surface area contributed by atoms with Gasteiger partial charge in [-0.05, 0) is 39.0 Å². The van der Waals surface area contributed by atoms with Gasteiger partial charge in [0.1, 0.15) is 5.82 Å². The van der Waals surface area contributed by atoms with Crippen LogP contribution in [0.25, 0.3) is 0 Å². The summed E-state index contributed by atoms with van der Waals surface area (Å²) in [5.74, 6) is 1.68. The molecule has 0 spiro atoms. The molecule has 2 unspecified atom stereocenters. The van der Waals surface area contributed by atoms with Crippen LogP contribution in [-0.4, -0.2) is 22.7 Å². The molecule has 0 radical (unpaired) electrons. The van der Waals surface area contributed by atoms with Gasteiger partial charge in [-0.1, -0.05) is 0 Å². The molecule has 0 aromatic carbocycles. The number of imidazole rings is 1. The van der Waals surface area contributed by atoms with Crippen LogP contribution in [0.15, 0.2) is 0 Å². The molecule has 2 aliphatic rings. The molecule has 1 saturated heterocycles. The van der Waals surface area contributed by atoms with Crippen molar-refractivity contribution in [3.8, 4) is 0 Å². The molecule has 15 heavy (non-hydrogen) atoms. The van der Waals surface area contributed by atoms with Gasteiger partial charge in [-0.15, -0.1) is 0 Å². The Morgan fingerprint density at radius 1 is 1.33 bits per heavy atom. The van der Waals surface area contributed by atoms with Crippen molar-refractivity contribution < 1.29 is 4.74 Å². The van der Waals surface area contributed by atoms with E-state index < -0.39 is 0 Å². The van der Waals surface area contributed by atoms with E-state index >= 15 is 0 Å². The third-order valence-corrected chi connectivity index (χ3v) is 3.56. The summed E-state index contributed by atoms with van der Waals surface area (Å²) in [6.07, 6.45) is 6.48. The van der Waals surface area contributed by atoms with Crippen LogP contribution in [0.4, 0.5) is 0 Å². The van der Waals surface area contributed by atoms with Gasteiger partial charge in [-0.3, -0.25) is 0 Å². The Morgan fingerprint density at radius 3 is 2.93 bits per heavy atom. The van der Waals surface area contributed by atoms with Gasteiger partial charge in [-0.25, -0.2) is 4.98 Å². The van der Waals surface area contributed by atoms with E-state index in [0.717, 1.165) is 19.4 Å². The van der Waals surface area contributed by atoms with Crippen LogP contribution in [-0.2, 0) is 17.6 Å². The zero-order valence-corrected chi connectivity index (χ0v) is 9.25. The van der Waals surface area contributed by atoms with Crippen LogP contribution in [0.1, 0.15) is 49.3 Å². The maximum Gasteiger partial charge on any atom is 0.112 e. The Hall–Kier alpha value is -0.830. The van der Waals surface area contributed by atoms with Gasteiger partial charge in [0, 0.05) is 11.6 Å². The number of H-pyrrole nitrogens is 1. The van der Waals surface area contributed by atoms with Crippen LogP contribution in [0.5, 0.6) is 0 Å². The highest BCUT2D eigenvalue weighted by Gasteiger charge is 2.27. The number of rotatable bonds is 1. The van der Waals surface area contributed by atoms with Crippen molar-refractivity contribution in [2.75, 3.05) is 6.61 Å². The molecule has 82 valence electrons. The maximum absolute atomic E-state index is 5.59. The van der Waals surface area contributed by atoms with Crippen LogP contribution < -0.4 is 0 Å². The Balaban J connectivity index is 1.83. The fourth-order valence-electron chi connectivity index (χ4n) is 2.68. The number of fused-ring (bicyclic) bond motifs is 1. The van der Waals surface area contributed by atoms with Crippen molar-refractivity contribution in [2.45, 2.75) is 51.0 Å². The summed E-state index contributed by atoms with van der Waals surface area (Å²) in [6.45, 7) is 2.98. The molecule has 3 heteroatoms. The second kappa shape index (κ2) is 3.63. The summed E-state index contributed by atoms with van der Waals surface area (Å²) in [5, 5.41) is 0. The van der Waals surface area contributed by atoms with Crippen molar-refractivity contribution in [1.29, 1.82) is 0 Å². The predicted molar refractivity (Wildman–Crippen MR) is 58.0 cm³/mol. The molecule has 0 saturated carbocycles. The van der Waals surface area contributed by atoms with Gasteiger partial charge in [-0.2, -0.15) is 0 Å². The summed E-state index contributed by atoms with van der Waals surface area (Å²) in [5.41, 5.74) is 2.70. The summed E-state index contributed by atoms with van der Waals surface area (Å²) in [7, 11) is 0. The fraction of sp³-hybridized carbons (Fsp3) is 0.750. The Labute approximate surface area is 90.2 Å². The molecule has 1 aliphatic heterocycles. The number of aromatic amines is 1. The summed E-state index contributed by atoms with van der Waals surface area (Å²) >= 11 is 0. The monoisotopic (exact) mass is 206 g/mol. The van der Waals surface area contributed by atoms with Crippen LogP contribution in [0.3, 0.4) is 0 Å². The van der Waals surface area contributed by atoms with E-state index in [2.05, 4.69) is 11.9 Å². The average Bonchev–Trinajstić information content (AvgIpc) is 2.82. The van der Waals surface area contributed by atoms with E-state index in [4.69, 9.17) is 9.72 Å². The third kappa shape index (κ3) is 1.69. The Kier molecular flexibility index (Phi) is 2.28. The number of hydrogen-bond donors (Lipinski definition) is 1. The molecule has 1 N–H and O–H groups in total. The number of aromatic nitrogens is 2. The van der Waals surface area contributed by atoms with E-state index in [1.807, 2.05) is 0 Å². The largest absolute Gasteiger partial charge is 0.378 e. The fourth-order valence-corrected chi connectivity index (χ4v) is 2.68. The number of hydrogen-bond acceptors (Lipinski definition) is 2. The number of nitrogens with one attached hydrogen (secondary N) is 1. The molecular formula is C12H18N2O. The molecule has 0 bridgehead atoms. The number of nitrogens with zero attached hydrogens (tertiary/aromatic N) is 1. The van der Waals surface area contributed by atoms with E-state index in [-0.39, 0.29) is 0 Å². The molecule has 1 aromatic heterocycles. The SMILES string of the molecule is CC1CC(c2nc3c([nH]2)CCCC3)CO1. The zero-order chi connectivity index (χ0) is 10.3. The molecule has 3 nitrogen and oxygen atoms in total. The van der Waals surface area contributed by atoms with Crippen LogP contribution >= 0.6 is 0 Å². The highest BCUT2D eigenvalue weighted by molar-refractivity contribution is 5.19. The summed E-state index contributed by atoms with van der Waals surface area (Å²) < 4.78 is 5.59. The average molecular weight is 206 g/mol. The molecule has 1 aliphatic carbocycles. The van der Waals surface area contributed by atoms with Gasteiger partial charge in [0.2, 0.25) is 0 Å². The van der Waals surface area contributed by atoms with Crippen molar-refractivity contribution in [1.82, 2.24) is 9.97 Å². The molecule has 2 heterocycles. The quantitative estimate of drug-likeness (QED) is 0.764. The molecule has 0 amide bonds. The molecule has 3 rings (SSSR count). The van der Waals surface area contributed by atoms with Crippen molar-refractivity contribution in [2.24, 2.45) is 0 Å². The van der Waals surface area contributed by atoms with Crippen LogP contribution in [0.2, 0.25) is 0 Å². The van der Waals surface area contributed by atoms with E-state index in [1.54, 1.807) is 0 Å². The second-order valence-electron chi connectivity index (χ2n) is 4.83. The van der Waals surface area contributed by atoms with E-state index in [1.165, 1.54) is 36.5 Å². The smallest absolute Gasteiger partial charge is 0.112 e. The minimum Gasteiger partial charge on any atom is -0.378 e. The van der Waals surface area contributed by atoms with Crippen molar-refractivity contribution in [3.05, 3.63) is 17.2 Å². The number of aryl methyl sites for hydroxylation is 2. The standard InChI is InChI=1S/C12H18N2O/c1-8-6-9(7-15-8)12-13-10-4-2-3-5-11(10)14-12/h8-9H,2-7H2,1H3,(H,13,14). The Bertz CT molecular complexity index is 335. The first-order valence-electron chi connectivity index (χ1n) is 6.02. The normalized spacial score (nSPS) is 30.5. The molecule has 2 atom stereocenters. The molecule has 1 fully saturated rings. The first-order chi connectivity index (χ1) is 7.33. The lowest BCUT2D eigenvalue weighted by molar-refractivity contribution is 0.123. The first kappa shape index (κ1) is 9.40. The Morgan fingerprint density at radius 2 is 2.20 bits per heavy atom. The molecule has 1 aromatic rings. The van der Waals surface area contributed by atoms with E-state index in [0.29, 0.717) is 12.0 Å². The molecular weight excluding hydrogens is 188 g/mol. The summed E-state index contributed by atoms with van der Waals surface area (Å²) in [6, 6.07) is 0. The van der Waals surface area contributed by atoms with Gasteiger partial charge in [0.25, 0.3) is 0 Å². The van der Waals surface area contributed by atoms with E-state index in [9.17, 15) is 0 Å².